The highest BCUT2D eigenvalue weighted by molar-refractivity contribution is 6.32. The Balaban J connectivity index is 1.91. The number of rotatable bonds is 3. The van der Waals surface area contributed by atoms with E-state index in [1.165, 1.54) is 0 Å². The number of methoxy groups -OCH3 is 1. The lowest BCUT2D eigenvalue weighted by atomic mass is 10.1. The lowest BCUT2D eigenvalue weighted by Gasteiger charge is -2.31. The van der Waals surface area contributed by atoms with E-state index in [0.717, 1.165) is 38.0 Å². The number of hydrogen-bond acceptors (Lipinski definition) is 3. The molecule has 1 saturated heterocycles. The van der Waals surface area contributed by atoms with E-state index in [9.17, 15) is 5.11 Å². The van der Waals surface area contributed by atoms with Crippen molar-refractivity contribution in [3.8, 4) is 5.75 Å². The minimum absolute atomic E-state index is 0.147. The molecule has 0 bridgehead atoms. The maximum atomic E-state index is 9.35. The maximum absolute atomic E-state index is 9.35. The van der Waals surface area contributed by atoms with Gasteiger partial charge in [0.15, 0.2) is 0 Å². The fourth-order valence-corrected chi connectivity index (χ4v) is 2.41. The molecule has 0 amide bonds. The summed E-state index contributed by atoms with van der Waals surface area (Å²) in [4.78, 5) is 2.39. The molecular weight excluding hydrogens is 238 g/mol. The Labute approximate surface area is 107 Å². The number of nitrogens with zero attached hydrogens (tertiary/aromatic N) is 1. The topological polar surface area (TPSA) is 32.7 Å². The van der Waals surface area contributed by atoms with E-state index < -0.39 is 0 Å². The number of benzene rings is 1. The van der Waals surface area contributed by atoms with Crippen molar-refractivity contribution in [3.63, 3.8) is 0 Å². The quantitative estimate of drug-likeness (QED) is 0.901. The zero-order chi connectivity index (χ0) is 12.3. The summed E-state index contributed by atoms with van der Waals surface area (Å²) in [5.41, 5.74) is 1.14. The van der Waals surface area contributed by atoms with Crippen LogP contribution in [-0.4, -0.2) is 36.3 Å². The van der Waals surface area contributed by atoms with Crippen LogP contribution >= 0.6 is 11.6 Å². The average molecular weight is 256 g/mol. The summed E-state index contributed by atoms with van der Waals surface area (Å²) < 4.78 is 5.34. The Hall–Kier alpha value is -0.770. The molecule has 1 heterocycles. The minimum Gasteiger partial charge on any atom is -0.506 e. The van der Waals surface area contributed by atoms with E-state index in [2.05, 4.69) is 4.90 Å². The molecule has 3 nitrogen and oxygen atoms in total. The molecule has 0 saturated carbocycles. The van der Waals surface area contributed by atoms with Gasteiger partial charge in [-0.15, -0.1) is 0 Å². The van der Waals surface area contributed by atoms with Gasteiger partial charge in [-0.05, 0) is 30.5 Å². The number of halogens is 1. The van der Waals surface area contributed by atoms with Gasteiger partial charge >= 0.3 is 0 Å². The van der Waals surface area contributed by atoms with Gasteiger partial charge in [-0.2, -0.15) is 0 Å². The smallest absolute Gasteiger partial charge is 0.134 e. The molecule has 1 N–H and O–H groups in total. The molecule has 0 unspecified atom stereocenters. The number of phenolic OH excluding ortho intramolecular Hbond substituents is 1. The van der Waals surface area contributed by atoms with E-state index in [1.54, 1.807) is 13.2 Å². The van der Waals surface area contributed by atoms with E-state index >= 15 is 0 Å². The monoisotopic (exact) mass is 255 g/mol. The Kier molecular flexibility index (Phi) is 4.26. The fraction of sp³-hybridized carbons (Fsp3) is 0.538. The second-order valence-corrected chi connectivity index (χ2v) is 4.90. The first-order chi connectivity index (χ1) is 8.19. The van der Waals surface area contributed by atoms with Crippen LogP contribution < -0.4 is 0 Å². The fourth-order valence-electron chi connectivity index (χ4n) is 2.21. The third-order valence-corrected chi connectivity index (χ3v) is 3.59. The van der Waals surface area contributed by atoms with Crippen LogP contribution in [0.3, 0.4) is 0 Å². The van der Waals surface area contributed by atoms with Gasteiger partial charge in [0.05, 0.1) is 11.1 Å². The second-order valence-electron chi connectivity index (χ2n) is 4.50. The molecule has 4 heteroatoms. The van der Waals surface area contributed by atoms with Crippen molar-refractivity contribution in [2.45, 2.75) is 25.5 Å². The first-order valence-electron chi connectivity index (χ1n) is 5.91. The average Bonchev–Trinajstić information content (AvgIpc) is 2.35. The molecule has 0 spiro atoms. The molecule has 17 heavy (non-hydrogen) atoms. The SMILES string of the molecule is COC1CCN(Cc2ccc(O)c(Cl)c2)CC1. The Morgan fingerprint density at radius 3 is 2.71 bits per heavy atom. The van der Waals surface area contributed by atoms with E-state index in [4.69, 9.17) is 16.3 Å². The van der Waals surface area contributed by atoms with Crippen LogP contribution in [0.15, 0.2) is 18.2 Å². The normalized spacial score (nSPS) is 18.5. The summed E-state index contributed by atoms with van der Waals surface area (Å²) in [6, 6.07) is 5.41. The summed E-state index contributed by atoms with van der Waals surface area (Å²) >= 11 is 5.89. The molecule has 0 atom stereocenters. The van der Waals surface area contributed by atoms with Crippen LogP contribution in [0.5, 0.6) is 5.75 Å². The lowest BCUT2D eigenvalue weighted by Crippen LogP contribution is -2.36. The first-order valence-corrected chi connectivity index (χ1v) is 6.29. The molecule has 0 aromatic heterocycles. The lowest BCUT2D eigenvalue weighted by molar-refractivity contribution is 0.0388. The van der Waals surface area contributed by atoms with Gasteiger partial charge in [0.2, 0.25) is 0 Å². The molecule has 0 radical (unpaired) electrons. The number of likely N-dealkylation sites (tertiary alicyclic amines) is 1. The predicted molar refractivity (Wildman–Crippen MR) is 68.4 cm³/mol. The highest BCUT2D eigenvalue weighted by Gasteiger charge is 2.18. The summed E-state index contributed by atoms with van der Waals surface area (Å²) in [7, 11) is 1.78. The first kappa shape index (κ1) is 12.7. The van der Waals surface area contributed by atoms with Crippen LogP contribution in [0, 0.1) is 0 Å². The molecule has 1 aromatic rings. The van der Waals surface area contributed by atoms with Crippen molar-refractivity contribution < 1.29 is 9.84 Å². The maximum Gasteiger partial charge on any atom is 0.134 e. The molecule has 94 valence electrons. The highest BCUT2D eigenvalue weighted by atomic mass is 35.5. The van der Waals surface area contributed by atoms with Crippen molar-refractivity contribution in [1.82, 2.24) is 4.90 Å². The third kappa shape index (κ3) is 3.35. The van der Waals surface area contributed by atoms with Gasteiger partial charge < -0.3 is 9.84 Å². The third-order valence-electron chi connectivity index (χ3n) is 3.29. The molecule has 2 rings (SSSR count). The zero-order valence-corrected chi connectivity index (χ0v) is 10.8. The van der Waals surface area contributed by atoms with Gasteiger partial charge in [0.25, 0.3) is 0 Å². The van der Waals surface area contributed by atoms with Crippen molar-refractivity contribution in [1.29, 1.82) is 0 Å². The number of hydrogen-bond donors (Lipinski definition) is 1. The Morgan fingerprint density at radius 2 is 2.12 bits per heavy atom. The Bertz CT molecular complexity index is 376. The number of piperidine rings is 1. The molecule has 1 aliphatic heterocycles. The van der Waals surface area contributed by atoms with Gasteiger partial charge in [0.1, 0.15) is 5.75 Å². The highest BCUT2D eigenvalue weighted by Crippen LogP contribution is 2.25. The summed E-state index contributed by atoms with van der Waals surface area (Å²) in [6.45, 7) is 2.99. The van der Waals surface area contributed by atoms with Crippen LogP contribution in [0.4, 0.5) is 0 Å². The van der Waals surface area contributed by atoms with Gasteiger partial charge in [-0.3, -0.25) is 4.90 Å². The number of aromatic hydroxyl groups is 1. The van der Waals surface area contributed by atoms with Crippen LogP contribution in [-0.2, 0) is 11.3 Å². The second kappa shape index (κ2) is 5.71. The number of ether oxygens (including phenoxy) is 1. The van der Waals surface area contributed by atoms with Crippen molar-refractivity contribution in [3.05, 3.63) is 28.8 Å². The van der Waals surface area contributed by atoms with Gasteiger partial charge in [-0.1, -0.05) is 17.7 Å². The van der Waals surface area contributed by atoms with E-state index in [-0.39, 0.29) is 5.75 Å². The van der Waals surface area contributed by atoms with Crippen molar-refractivity contribution in [2.75, 3.05) is 20.2 Å². The number of phenols is 1. The van der Waals surface area contributed by atoms with E-state index in [1.807, 2.05) is 12.1 Å². The predicted octanol–water partition coefficient (Wildman–Crippen LogP) is 2.66. The van der Waals surface area contributed by atoms with Crippen LogP contribution in [0.2, 0.25) is 5.02 Å². The summed E-state index contributed by atoms with van der Waals surface area (Å²) in [6.07, 6.45) is 2.58. The molecule has 1 fully saturated rings. The Morgan fingerprint density at radius 1 is 1.41 bits per heavy atom. The zero-order valence-electron chi connectivity index (χ0n) is 10.0. The largest absolute Gasteiger partial charge is 0.506 e. The van der Waals surface area contributed by atoms with Crippen LogP contribution in [0.1, 0.15) is 18.4 Å². The van der Waals surface area contributed by atoms with Gasteiger partial charge in [0, 0.05) is 26.7 Å². The van der Waals surface area contributed by atoms with Crippen molar-refractivity contribution >= 4 is 11.6 Å². The van der Waals surface area contributed by atoms with E-state index in [0.29, 0.717) is 11.1 Å². The molecular formula is C13H18ClNO2. The van der Waals surface area contributed by atoms with Crippen LogP contribution in [0.25, 0.3) is 0 Å². The molecule has 1 aromatic carbocycles. The minimum atomic E-state index is 0.147. The molecule has 1 aliphatic rings. The summed E-state index contributed by atoms with van der Waals surface area (Å²) in [5.74, 6) is 0.147. The summed E-state index contributed by atoms with van der Waals surface area (Å²) in [5, 5.41) is 9.78. The molecule has 0 aliphatic carbocycles. The van der Waals surface area contributed by atoms with Crippen molar-refractivity contribution in [2.24, 2.45) is 0 Å². The standard InChI is InChI=1S/C13H18ClNO2/c1-17-11-4-6-15(7-5-11)9-10-2-3-13(16)12(14)8-10/h2-3,8,11,16H,4-7,9H2,1H3. The van der Waals surface area contributed by atoms with Gasteiger partial charge in [-0.25, -0.2) is 0 Å².